The van der Waals surface area contributed by atoms with Crippen LogP contribution < -0.4 is 0 Å². The van der Waals surface area contributed by atoms with Crippen molar-refractivity contribution in [3.63, 3.8) is 0 Å². The highest BCUT2D eigenvalue weighted by Gasteiger charge is 2.63. The molecule has 33 rings (SSSR count). The van der Waals surface area contributed by atoms with E-state index in [0.717, 1.165) is 47.3 Å². The Bertz CT molecular complexity index is 8480. The van der Waals surface area contributed by atoms with Crippen molar-refractivity contribution in [1.29, 1.82) is 0 Å². The lowest BCUT2D eigenvalue weighted by Crippen LogP contribution is -2.55. The van der Waals surface area contributed by atoms with Gasteiger partial charge in [0.25, 0.3) is 0 Å². The average molecular weight is 1740 g/mol. The second-order valence-corrected chi connectivity index (χ2v) is 43.6. The summed E-state index contributed by atoms with van der Waals surface area (Å²) in [5.41, 5.74) is 35.2. The van der Waals surface area contributed by atoms with Crippen molar-refractivity contribution in [3.8, 4) is 111 Å². The van der Waals surface area contributed by atoms with E-state index in [1.807, 2.05) is 11.3 Å². The second-order valence-electron chi connectivity index (χ2n) is 42.5. The van der Waals surface area contributed by atoms with Crippen LogP contribution in [0.1, 0.15) is 130 Å². The summed E-state index contributed by atoms with van der Waals surface area (Å²) in [6, 6.07) is 148. The summed E-state index contributed by atoms with van der Waals surface area (Å²) in [5, 5.41) is 23.6. The number of hydrogen-bond acceptors (Lipinski definition) is 1. The highest BCUT2D eigenvalue weighted by Crippen LogP contribution is 2.72. The van der Waals surface area contributed by atoms with Crippen LogP contribution in [0.15, 0.2) is 382 Å². The zero-order chi connectivity index (χ0) is 88.0. The Labute approximate surface area is 793 Å². The van der Waals surface area contributed by atoms with Crippen LogP contribution >= 0.6 is 11.3 Å². The van der Waals surface area contributed by atoms with Gasteiger partial charge in [0.2, 0.25) is 0 Å². The number of rotatable bonds is 9. The molecule has 0 radical (unpaired) electrons. The first-order valence-corrected chi connectivity index (χ1v) is 51.5. The summed E-state index contributed by atoms with van der Waals surface area (Å²) in [7, 11) is 0. The van der Waals surface area contributed by atoms with Gasteiger partial charge < -0.3 is 0 Å². The van der Waals surface area contributed by atoms with Crippen molar-refractivity contribution in [2.24, 2.45) is 47.3 Å². The molecular formula is C134H102S. The number of hydrogen-bond donors (Lipinski definition) is 0. The lowest BCUT2D eigenvalue weighted by molar-refractivity contribution is -0.0399. The Morgan fingerprint density at radius 3 is 0.993 bits per heavy atom. The van der Waals surface area contributed by atoms with Gasteiger partial charge in [0.05, 0.1) is 0 Å². The van der Waals surface area contributed by atoms with E-state index in [4.69, 9.17) is 0 Å². The van der Waals surface area contributed by atoms with Crippen LogP contribution in [-0.4, -0.2) is 0 Å². The lowest BCUT2D eigenvalue weighted by atomic mass is 9.43. The van der Waals surface area contributed by atoms with E-state index < -0.39 is 0 Å². The van der Waals surface area contributed by atoms with E-state index in [-0.39, 0.29) is 10.8 Å². The van der Waals surface area contributed by atoms with E-state index >= 15 is 0 Å². The van der Waals surface area contributed by atoms with Crippen molar-refractivity contribution >= 4 is 118 Å². The highest BCUT2D eigenvalue weighted by molar-refractivity contribution is 7.26. The van der Waals surface area contributed by atoms with E-state index in [9.17, 15) is 0 Å². The molecule has 11 aliphatic carbocycles. The van der Waals surface area contributed by atoms with Crippen molar-refractivity contribution in [1.82, 2.24) is 0 Å². The molecule has 0 atom stereocenters. The predicted molar refractivity (Wildman–Crippen MR) is 573 cm³/mol. The van der Waals surface area contributed by atoms with Crippen LogP contribution in [0.4, 0.5) is 0 Å². The predicted octanol–water partition coefficient (Wildman–Crippen LogP) is 37.2. The van der Waals surface area contributed by atoms with Gasteiger partial charge in [-0.05, 0) is 410 Å². The molecule has 21 aromatic carbocycles. The van der Waals surface area contributed by atoms with Crippen LogP contribution in [0.25, 0.3) is 218 Å². The van der Waals surface area contributed by atoms with E-state index in [2.05, 4.69) is 382 Å². The first-order chi connectivity index (χ1) is 66.8. The molecule has 1 heteroatoms. The molecule has 0 saturated heterocycles. The van der Waals surface area contributed by atoms with Crippen LogP contribution in [0, 0.1) is 47.3 Å². The SMILES string of the molecule is c1ccc2c(c1)-c1ccc(-c3cc4ccc5cc(-c6c7ccccc7c(-c7ccc(C8CCCCC8)cc7)c7ccccc67)cc6ccc(c3)c4c56)cc1C21C2CC3CC(C2)CC1C3.c1ccc2c(c1)-c1ccc(-c3ccc(-c4ccc5cc(-c6c7ccccc7c(-c7ccc(-c8cccc9c8sc8ccccc89)cc7)c7ccccc67)ccc5c4)cc3)cc1C21C2CC3CC(C2)CC1C3. The summed E-state index contributed by atoms with van der Waals surface area (Å²) in [5.74, 6) is 7.59. The molecule has 0 amide bonds. The normalized spacial score (nSPS) is 22.1. The van der Waals surface area contributed by atoms with Crippen molar-refractivity contribution in [3.05, 3.63) is 410 Å². The number of thiophene rings is 1. The topological polar surface area (TPSA) is 0 Å². The molecule has 2 spiro atoms. The standard InChI is InChI=1S/C70H50S.C64H52/c1-3-14-61-59(12-1)67(47-26-24-46(25-27-47)55-16-9-17-63-58-11-6-8-19-66(58)71-69(55)63)60-13-2-4-15-62(60)68(61)52-31-30-49-39-48(28-29-50(49)40-52)44-20-22-45(23-21-44)51-32-33-57-56-10-5-7-18-64(56)70(65(57)41-51)53-35-42-34-43(37-53)38-54(70)36-42;1-2-10-40(11-3-1)41-18-20-42(21-19-41)62-54-13-4-6-15-56(54)63(57-16-7-5-14-55(57)62)49-35-46-24-22-44-33-48(34-45-23-25-47(36-49)61(46)60(44)45)43-26-27-53-52-12-8-9-17-58(52)64(59(53)37-43)50-29-38-28-39(31-50)32-51(64)30-38/h1-33,39-43,53-54H,34-38H2;4-9,12-27,33-40,50-51H,1-3,10-11,28-32H2. The Morgan fingerprint density at radius 2 is 0.519 bits per heavy atom. The number of fused-ring (bicyclic) bond motifs is 14. The molecule has 1 heterocycles. The fourth-order valence-corrected chi connectivity index (χ4v) is 32.1. The van der Waals surface area contributed by atoms with Crippen LogP contribution in [-0.2, 0) is 10.8 Å². The molecule has 1 aromatic heterocycles. The van der Waals surface area contributed by atoms with Gasteiger partial charge in [0.15, 0.2) is 0 Å². The summed E-state index contributed by atoms with van der Waals surface area (Å²) < 4.78 is 2.69. The van der Waals surface area contributed by atoms with Gasteiger partial charge in [-0.15, -0.1) is 11.3 Å². The zero-order valence-corrected chi connectivity index (χ0v) is 76.9. The minimum atomic E-state index is 0.180. The van der Waals surface area contributed by atoms with Gasteiger partial charge in [-0.1, -0.05) is 347 Å². The lowest BCUT2D eigenvalue weighted by Gasteiger charge is -2.61. The largest absolute Gasteiger partial charge is 0.135 e. The molecule has 11 aliphatic rings. The van der Waals surface area contributed by atoms with Crippen molar-refractivity contribution in [2.75, 3.05) is 0 Å². The Kier molecular flexibility index (Phi) is 17.2. The molecule has 9 fully saturated rings. The molecule has 0 N–H and O–H groups in total. The van der Waals surface area contributed by atoms with Gasteiger partial charge in [0, 0.05) is 31.0 Å². The number of benzene rings is 21. The molecule has 22 aromatic rings. The maximum Gasteiger partial charge on any atom is 0.0433 e. The first kappa shape index (κ1) is 77.6. The summed E-state index contributed by atoms with van der Waals surface area (Å²) in [4.78, 5) is 0. The quantitative estimate of drug-likeness (QED) is 0.0998. The molecule has 0 unspecified atom stereocenters. The summed E-state index contributed by atoms with van der Waals surface area (Å²) in [6.45, 7) is 0. The Morgan fingerprint density at radius 1 is 0.200 bits per heavy atom. The monoisotopic (exact) mass is 1740 g/mol. The third-order valence-corrected chi connectivity index (χ3v) is 37.2. The molecule has 9 saturated carbocycles. The molecule has 0 nitrogen and oxygen atoms in total. The Hall–Kier alpha value is -13.8. The highest BCUT2D eigenvalue weighted by atomic mass is 32.1. The molecule has 0 aliphatic heterocycles. The van der Waals surface area contributed by atoms with Crippen LogP contribution in [0.5, 0.6) is 0 Å². The van der Waals surface area contributed by atoms with Gasteiger partial charge >= 0.3 is 0 Å². The minimum absolute atomic E-state index is 0.180. The van der Waals surface area contributed by atoms with Crippen molar-refractivity contribution < 1.29 is 0 Å². The minimum Gasteiger partial charge on any atom is -0.135 e. The van der Waals surface area contributed by atoms with Crippen LogP contribution in [0.2, 0.25) is 0 Å². The third-order valence-electron chi connectivity index (χ3n) is 36.0. The summed E-state index contributed by atoms with van der Waals surface area (Å²) >= 11 is 1.89. The third kappa shape index (κ3) is 11.6. The van der Waals surface area contributed by atoms with Gasteiger partial charge in [0.1, 0.15) is 0 Å². The fraction of sp³-hybridized carbons (Fsp3) is 0.194. The maximum absolute atomic E-state index is 2.66. The maximum atomic E-state index is 2.66. The zero-order valence-electron chi connectivity index (χ0n) is 76.1. The average Bonchev–Trinajstić information content (AvgIpc) is 1.53. The molecular weight excluding hydrogens is 1640 g/mol. The smallest absolute Gasteiger partial charge is 0.0433 e. The van der Waals surface area contributed by atoms with Gasteiger partial charge in [-0.3, -0.25) is 0 Å². The van der Waals surface area contributed by atoms with E-state index in [0.29, 0.717) is 5.92 Å². The summed E-state index contributed by atoms with van der Waals surface area (Å²) in [6.07, 6.45) is 21.1. The van der Waals surface area contributed by atoms with Crippen molar-refractivity contribution in [2.45, 2.75) is 113 Å². The second kappa shape index (κ2) is 29.8. The van der Waals surface area contributed by atoms with Gasteiger partial charge in [-0.2, -0.15) is 0 Å². The van der Waals surface area contributed by atoms with E-state index in [1.165, 1.54) is 319 Å². The van der Waals surface area contributed by atoms with E-state index in [1.54, 1.807) is 22.3 Å². The molecule has 135 heavy (non-hydrogen) atoms. The molecule has 644 valence electrons. The fourth-order valence-electron chi connectivity index (χ4n) is 30.9. The van der Waals surface area contributed by atoms with Gasteiger partial charge in [-0.25, -0.2) is 0 Å². The Balaban J connectivity index is 0.000000129. The molecule has 8 bridgehead atoms. The van der Waals surface area contributed by atoms with Crippen LogP contribution in [0.3, 0.4) is 0 Å². The first-order valence-electron chi connectivity index (χ1n) is 50.7.